The van der Waals surface area contributed by atoms with Crippen molar-refractivity contribution in [3.05, 3.63) is 12.2 Å². The molecule has 0 bridgehead atoms. The SMILES string of the molecule is CCCCCCCC/C=C/CCCCCCCC(=O)OCCS. The van der Waals surface area contributed by atoms with Gasteiger partial charge in [-0.15, -0.1) is 0 Å². The normalized spacial score (nSPS) is 11.2. The number of esters is 1. The molecular formula is C20H38O2S. The lowest BCUT2D eigenvalue weighted by atomic mass is 10.1. The number of hydrogen-bond acceptors (Lipinski definition) is 3. The third-order valence-electron chi connectivity index (χ3n) is 4.00. The first-order chi connectivity index (χ1) is 11.3. The zero-order valence-electron chi connectivity index (χ0n) is 15.2. The second-order valence-electron chi connectivity index (χ2n) is 6.28. The smallest absolute Gasteiger partial charge is 0.305 e. The first-order valence-corrected chi connectivity index (χ1v) is 10.4. The zero-order chi connectivity index (χ0) is 17.0. The van der Waals surface area contributed by atoms with Crippen LogP contribution in [-0.2, 0) is 9.53 Å². The summed E-state index contributed by atoms with van der Waals surface area (Å²) in [6.45, 7) is 2.70. The fourth-order valence-corrected chi connectivity index (χ4v) is 2.66. The van der Waals surface area contributed by atoms with Crippen molar-refractivity contribution in [2.24, 2.45) is 0 Å². The van der Waals surface area contributed by atoms with Gasteiger partial charge in [-0.25, -0.2) is 0 Å². The van der Waals surface area contributed by atoms with Gasteiger partial charge in [0.25, 0.3) is 0 Å². The number of thiol groups is 1. The molecule has 0 heterocycles. The van der Waals surface area contributed by atoms with Crippen molar-refractivity contribution >= 4 is 18.6 Å². The van der Waals surface area contributed by atoms with Crippen molar-refractivity contribution in [2.75, 3.05) is 12.4 Å². The van der Waals surface area contributed by atoms with Crippen LogP contribution in [0, 0.1) is 0 Å². The van der Waals surface area contributed by atoms with Crippen LogP contribution in [0.15, 0.2) is 12.2 Å². The van der Waals surface area contributed by atoms with E-state index in [9.17, 15) is 4.79 Å². The number of hydrogen-bond donors (Lipinski definition) is 1. The summed E-state index contributed by atoms with van der Waals surface area (Å²) >= 11 is 4.01. The molecule has 0 aliphatic carbocycles. The highest BCUT2D eigenvalue weighted by molar-refractivity contribution is 7.80. The van der Waals surface area contributed by atoms with Crippen LogP contribution in [0.3, 0.4) is 0 Å². The molecule has 0 N–H and O–H groups in total. The van der Waals surface area contributed by atoms with Crippen LogP contribution in [-0.4, -0.2) is 18.3 Å². The Balaban J connectivity index is 3.14. The van der Waals surface area contributed by atoms with E-state index < -0.39 is 0 Å². The summed E-state index contributed by atoms with van der Waals surface area (Å²) in [4.78, 5) is 11.3. The van der Waals surface area contributed by atoms with E-state index >= 15 is 0 Å². The van der Waals surface area contributed by atoms with Gasteiger partial charge in [0, 0.05) is 12.2 Å². The first-order valence-electron chi connectivity index (χ1n) is 9.72. The van der Waals surface area contributed by atoms with Crippen LogP contribution in [0.5, 0.6) is 0 Å². The maximum Gasteiger partial charge on any atom is 0.305 e. The molecule has 0 aromatic rings. The number of ether oxygens (including phenoxy) is 1. The second kappa shape index (κ2) is 19.6. The average molecular weight is 343 g/mol. The number of allylic oxidation sites excluding steroid dienone is 2. The molecule has 0 aliphatic rings. The predicted molar refractivity (Wildman–Crippen MR) is 104 cm³/mol. The van der Waals surface area contributed by atoms with Crippen molar-refractivity contribution in [1.82, 2.24) is 0 Å². The highest BCUT2D eigenvalue weighted by Crippen LogP contribution is 2.10. The maximum atomic E-state index is 11.3. The molecule has 23 heavy (non-hydrogen) atoms. The molecule has 136 valence electrons. The minimum absolute atomic E-state index is 0.0725. The molecule has 0 aromatic carbocycles. The van der Waals surface area contributed by atoms with Crippen molar-refractivity contribution in [1.29, 1.82) is 0 Å². The lowest BCUT2D eigenvalue weighted by Crippen LogP contribution is -2.06. The van der Waals surface area contributed by atoms with Gasteiger partial charge in [0.05, 0.1) is 0 Å². The Morgan fingerprint density at radius 2 is 1.35 bits per heavy atom. The number of carbonyl (C=O) groups is 1. The van der Waals surface area contributed by atoms with Gasteiger partial charge < -0.3 is 4.74 Å². The molecule has 0 saturated carbocycles. The van der Waals surface area contributed by atoms with Crippen LogP contribution < -0.4 is 0 Å². The highest BCUT2D eigenvalue weighted by Gasteiger charge is 2.01. The van der Waals surface area contributed by atoms with E-state index in [0.29, 0.717) is 18.8 Å². The maximum absolute atomic E-state index is 11.3. The third-order valence-corrected chi connectivity index (χ3v) is 4.18. The molecule has 0 unspecified atom stereocenters. The van der Waals surface area contributed by atoms with Gasteiger partial charge in [-0.2, -0.15) is 12.6 Å². The molecule has 2 nitrogen and oxygen atoms in total. The van der Waals surface area contributed by atoms with Crippen LogP contribution in [0.4, 0.5) is 0 Å². The Hall–Kier alpha value is -0.440. The standard InChI is InChI=1S/C20H38O2S/c1-2-3-4-5-6-7-8-9-10-11-12-13-14-15-16-17-20(21)22-18-19-23/h9-10,23H,2-8,11-19H2,1H3/b10-9+. The molecule has 0 spiro atoms. The summed E-state index contributed by atoms with van der Waals surface area (Å²) in [6.07, 6.45) is 21.9. The minimum atomic E-state index is -0.0725. The third kappa shape index (κ3) is 19.5. The van der Waals surface area contributed by atoms with Gasteiger partial charge in [-0.1, -0.05) is 70.4 Å². The predicted octanol–water partition coefficient (Wildman–Crippen LogP) is 6.50. The van der Waals surface area contributed by atoms with Crippen LogP contribution in [0.25, 0.3) is 0 Å². The molecule has 0 rings (SSSR count). The summed E-state index contributed by atoms with van der Waals surface area (Å²) in [5.41, 5.74) is 0. The quantitative estimate of drug-likeness (QED) is 0.141. The van der Waals surface area contributed by atoms with Crippen molar-refractivity contribution < 1.29 is 9.53 Å². The minimum Gasteiger partial charge on any atom is -0.465 e. The lowest BCUT2D eigenvalue weighted by molar-refractivity contribution is -0.143. The Kier molecular flexibility index (Phi) is 19.2. The monoisotopic (exact) mass is 342 g/mol. The number of rotatable bonds is 17. The van der Waals surface area contributed by atoms with E-state index in [4.69, 9.17) is 4.74 Å². The Morgan fingerprint density at radius 1 is 0.826 bits per heavy atom. The van der Waals surface area contributed by atoms with Crippen LogP contribution in [0.1, 0.15) is 96.8 Å². The fraction of sp³-hybridized carbons (Fsp3) is 0.850. The molecule has 0 atom stereocenters. The van der Waals surface area contributed by atoms with E-state index in [1.807, 2.05) is 0 Å². The molecule has 0 aromatic heterocycles. The molecule has 0 aliphatic heterocycles. The van der Waals surface area contributed by atoms with Crippen LogP contribution >= 0.6 is 12.6 Å². The molecule has 0 fully saturated rings. The van der Waals surface area contributed by atoms with Gasteiger partial charge in [-0.3, -0.25) is 4.79 Å². The number of unbranched alkanes of at least 4 members (excludes halogenated alkanes) is 11. The molecule has 3 heteroatoms. The summed E-state index contributed by atoms with van der Waals surface area (Å²) in [5.74, 6) is 0.537. The van der Waals surface area contributed by atoms with Gasteiger partial charge in [-0.05, 0) is 32.1 Å². The van der Waals surface area contributed by atoms with Crippen LogP contribution in [0.2, 0.25) is 0 Å². The molecule has 0 amide bonds. The van der Waals surface area contributed by atoms with Gasteiger partial charge in [0.2, 0.25) is 0 Å². The number of carbonyl (C=O) groups excluding carboxylic acids is 1. The van der Waals surface area contributed by atoms with Crippen molar-refractivity contribution in [3.8, 4) is 0 Å². The summed E-state index contributed by atoms with van der Waals surface area (Å²) in [7, 11) is 0. The van der Waals surface area contributed by atoms with E-state index in [1.54, 1.807) is 0 Å². The summed E-state index contributed by atoms with van der Waals surface area (Å²) < 4.78 is 4.99. The summed E-state index contributed by atoms with van der Waals surface area (Å²) in [5, 5.41) is 0. The molecular weight excluding hydrogens is 304 g/mol. The van der Waals surface area contributed by atoms with E-state index in [1.165, 1.54) is 70.6 Å². The average Bonchev–Trinajstić information content (AvgIpc) is 2.56. The van der Waals surface area contributed by atoms with E-state index in [-0.39, 0.29) is 5.97 Å². The Labute approximate surface area is 149 Å². The van der Waals surface area contributed by atoms with Gasteiger partial charge >= 0.3 is 5.97 Å². The Morgan fingerprint density at radius 3 is 1.91 bits per heavy atom. The Bertz CT molecular complexity index is 277. The zero-order valence-corrected chi connectivity index (χ0v) is 16.1. The molecule has 0 radical (unpaired) electrons. The van der Waals surface area contributed by atoms with Gasteiger partial charge in [0.15, 0.2) is 0 Å². The van der Waals surface area contributed by atoms with E-state index in [2.05, 4.69) is 31.7 Å². The first kappa shape index (κ1) is 22.6. The highest BCUT2D eigenvalue weighted by atomic mass is 32.1. The van der Waals surface area contributed by atoms with Crippen molar-refractivity contribution in [2.45, 2.75) is 96.8 Å². The van der Waals surface area contributed by atoms with Gasteiger partial charge in [0.1, 0.15) is 6.61 Å². The largest absolute Gasteiger partial charge is 0.465 e. The summed E-state index contributed by atoms with van der Waals surface area (Å²) in [6, 6.07) is 0. The van der Waals surface area contributed by atoms with E-state index in [0.717, 1.165) is 12.8 Å². The fourth-order valence-electron chi connectivity index (χ4n) is 2.57. The lowest BCUT2D eigenvalue weighted by Gasteiger charge is -2.02. The topological polar surface area (TPSA) is 26.3 Å². The molecule has 0 saturated heterocycles. The van der Waals surface area contributed by atoms with Crippen molar-refractivity contribution in [3.63, 3.8) is 0 Å². The second-order valence-corrected chi connectivity index (χ2v) is 6.73.